The number of allylic oxidation sites excluding steroid dienone is 2. The lowest BCUT2D eigenvalue weighted by Gasteiger charge is -2.36. The average Bonchev–Trinajstić information content (AvgIpc) is 2.30. The second-order valence-corrected chi connectivity index (χ2v) is 4.23. The summed E-state index contributed by atoms with van der Waals surface area (Å²) < 4.78 is 0. The number of hydrogen-bond donors (Lipinski definition) is 0. The van der Waals surface area contributed by atoms with E-state index in [-0.39, 0.29) is 0 Å². The molecule has 0 spiro atoms. The summed E-state index contributed by atoms with van der Waals surface area (Å²) in [5, 5.41) is 0. The fraction of sp³-hybridized carbons (Fsp3) is 0.429. The number of rotatable bonds is 4. The molecule has 0 radical (unpaired) electrons. The third-order valence-electron chi connectivity index (χ3n) is 2.95. The molecule has 1 unspecified atom stereocenters. The number of anilines is 1. The Bertz CT molecular complexity index is 341. The van der Waals surface area contributed by atoms with Gasteiger partial charge in [-0.3, -0.25) is 4.90 Å². The van der Waals surface area contributed by atoms with E-state index in [0.717, 1.165) is 0 Å². The van der Waals surface area contributed by atoms with Crippen molar-refractivity contribution in [3.63, 3.8) is 0 Å². The van der Waals surface area contributed by atoms with Crippen molar-refractivity contribution >= 4 is 5.69 Å². The van der Waals surface area contributed by atoms with Gasteiger partial charge < -0.3 is 4.90 Å². The second kappa shape index (κ2) is 5.71. The first-order chi connectivity index (χ1) is 7.57. The Morgan fingerprint density at radius 2 is 1.75 bits per heavy atom. The molecule has 0 saturated carbocycles. The van der Waals surface area contributed by atoms with Crippen LogP contribution >= 0.6 is 0 Å². The van der Waals surface area contributed by atoms with Crippen molar-refractivity contribution in [3.8, 4) is 0 Å². The Hall–Kier alpha value is -1.28. The maximum Gasteiger partial charge on any atom is 0.0833 e. The Labute approximate surface area is 99.2 Å². The normalized spacial score (nSPS) is 14.0. The molecule has 2 heteroatoms. The van der Waals surface area contributed by atoms with E-state index < -0.39 is 0 Å². The van der Waals surface area contributed by atoms with E-state index in [1.165, 1.54) is 11.4 Å². The SMILES string of the molecule is CC=C(C)N(c1ccccc1)C(C)N(C)C. The van der Waals surface area contributed by atoms with E-state index in [0.29, 0.717) is 6.17 Å². The van der Waals surface area contributed by atoms with E-state index in [2.05, 4.69) is 75.0 Å². The van der Waals surface area contributed by atoms with Crippen molar-refractivity contribution in [2.24, 2.45) is 0 Å². The van der Waals surface area contributed by atoms with Gasteiger partial charge in [-0.25, -0.2) is 0 Å². The van der Waals surface area contributed by atoms with Crippen LogP contribution in [0.15, 0.2) is 42.1 Å². The minimum atomic E-state index is 0.346. The number of hydrogen-bond acceptors (Lipinski definition) is 2. The molecule has 1 rings (SSSR count). The fourth-order valence-electron chi connectivity index (χ4n) is 1.67. The van der Waals surface area contributed by atoms with Crippen LogP contribution in [0.25, 0.3) is 0 Å². The van der Waals surface area contributed by atoms with Crippen LogP contribution in [0.3, 0.4) is 0 Å². The summed E-state index contributed by atoms with van der Waals surface area (Å²) in [5.41, 5.74) is 2.51. The van der Waals surface area contributed by atoms with Crippen molar-refractivity contribution in [1.82, 2.24) is 4.90 Å². The molecule has 0 aliphatic rings. The number of nitrogens with zero attached hydrogens (tertiary/aromatic N) is 2. The van der Waals surface area contributed by atoms with Gasteiger partial charge in [0.2, 0.25) is 0 Å². The van der Waals surface area contributed by atoms with E-state index in [1.54, 1.807) is 0 Å². The molecule has 0 aliphatic heterocycles. The van der Waals surface area contributed by atoms with Crippen LogP contribution in [-0.2, 0) is 0 Å². The van der Waals surface area contributed by atoms with Crippen LogP contribution in [0.4, 0.5) is 5.69 Å². The molecule has 0 bridgehead atoms. The zero-order valence-corrected chi connectivity index (χ0v) is 10.9. The Kier molecular flexibility index (Phi) is 4.56. The van der Waals surface area contributed by atoms with E-state index in [4.69, 9.17) is 0 Å². The molecule has 1 atom stereocenters. The summed E-state index contributed by atoms with van der Waals surface area (Å²) in [7, 11) is 4.20. The quantitative estimate of drug-likeness (QED) is 0.715. The van der Waals surface area contributed by atoms with Gasteiger partial charge in [-0.2, -0.15) is 0 Å². The first-order valence-corrected chi connectivity index (χ1v) is 5.71. The van der Waals surface area contributed by atoms with Crippen LogP contribution < -0.4 is 4.90 Å². The minimum Gasteiger partial charge on any atom is -0.330 e. The summed E-state index contributed by atoms with van der Waals surface area (Å²) in [4.78, 5) is 4.54. The van der Waals surface area contributed by atoms with Gasteiger partial charge in [0.15, 0.2) is 0 Å². The van der Waals surface area contributed by atoms with E-state index >= 15 is 0 Å². The highest BCUT2D eigenvalue weighted by Crippen LogP contribution is 2.22. The maximum atomic E-state index is 2.33. The summed E-state index contributed by atoms with van der Waals surface area (Å²) in [6.45, 7) is 6.43. The highest BCUT2D eigenvalue weighted by molar-refractivity contribution is 5.52. The summed E-state index contributed by atoms with van der Waals surface area (Å²) in [6, 6.07) is 10.5. The molecule has 0 saturated heterocycles. The van der Waals surface area contributed by atoms with Gasteiger partial charge in [0.05, 0.1) is 6.17 Å². The molecule has 2 nitrogen and oxygen atoms in total. The Morgan fingerprint density at radius 1 is 1.19 bits per heavy atom. The van der Waals surface area contributed by atoms with Gasteiger partial charge in [0.1, 0.15) is 0 Å². The average molecular weight is 218 g/mol. The summed E-state index contributed by atoms with van der Waals surface area (Å²) in [6.07, 6.45) is 2.49. The number of para-hydroxylation sites is 1. The van der Waals surface area contributed by atoms with Crippen molar-refractivity contribution in [3.05, 3.63) is 42.1 Å². The fourth-order valence-corrected chi connectivity index (χ4v) is 1.67. The lowest BCUT2D eigenvalue weighted by atomic mass is 10.2. The van der Waals surface area contributed by atoms with Crippen LogP contribution in [0.1, 0.15) is 20.8 Å². The molecule has 1 aromatic carbocycles. The smallest absolute Gasteiger partial charge is 0.0833 e. The van der Waals surface area contributed by atoms with Crippen LogP contribution in [-0.4, -0.2) is 25.2 Å². The molecule has 88 valence electrons. The monoisotopic (exact) mass is 218 g/mol. The summed E-state index contributed by atoms with van der Waals surface area (Å²) >= 11 is 0. The van der Waals surface area contributed by atoms with Crippen molar-refractivity contribution in [1.29, 1.82) is 0 Å². The zero-order valence-electron chi connectivity index (χ0n) is 10.9. The summed E-state index contributed by atoms with van der Waals surface area (Å²) in [5.74, 6) is 0. The van der Waals surface area contributed by atoms with Gasteiger partial charge in [-0.05, 0) is 47.0 Å². The second-order valence-electron chi connectivity index (χ2n) is 4.23. The van der Waals surface area contributed by atoms with Crippen LogP contribution in [0, 0.1) is 0 Å². The van der Waals surface area contributed by atoms with Gasteiger partial charge in [-0.1, -0.05) is 24.3 Å². The van der Waals surface area contributed by atoms with Gasteiger partial charge in [0.25, 0.3) is 0 Å². The van der Waals surface area contributed by atoms with Gasteiger partial charge >= 0.3 is 0 Å². The Balaban J connectivity index is 3.07. The standard InChI is InChI=1S/C14H22N2/c1-6-12(2)16(13(3)15(4)5)14-10-8-7-9-11-14/h6-11,13H,1-5H3. The maximum absolute atomic E-state index is 2.33. The number of benzene rings is 1. The molecule has 16 heavy (non-hydrogen) atoms. The highest BCUT2D eigenvalue weighted by atomic mass is 15.3. The third-order valence-corrected chi connectivity index (χ3v) is 2.95. The Morgan fingerprint density at radius 3 is 2.19 bits per heavy atom. The molecule has 0 aliphatic carbocycles. The topological polar surface area (TPSA) is 6.48 Å². The lowest BCUT2D eigenvalue weighted by Crippen LogP contribution is -2.41. The van der Waals surface area contributed by atoms with Gasteiger partial charge in [-0.15, -0.1) is 0 Å². The molecule has 0 amide bonds. The molecule has 0 aromatic heterocycles. The molecule has 0 heterocycles. The van der Waals surface area contributed by atoms with E-state index in [1.807, 2.05) is 6.07 Å². The van der Waals surface area contributed by atoms with Gasteiger partial charge in [0, 0.05) is 11.4 Å². The zero-order chi connectivity index (χ0) is 12.1. The molecule has 1 aromatic rings. The first-order valence-electron chi connectivity index (χ1n) is 5.71. The minimum absolute atomic E-state index is 0.346. The molecule has 0 N–H and O–H groups in total. The first kappa shape index (κ1) is 12.8. The van der Waals surface area contributed by atoms with Crippen molar-refractivity contribution in [2.75, 3.05) is 19.0 Å². The van der Waals surface area contributed by atoms with Crippen molar-refractivity contribution < 1.29 is 0 Å². The third kappa shape index (κ3) is 2.86. The van der Waals surface area contributed by atoms with Crippen LogP contribution in [0.2, 0.25) is 0 Å². The largest absolute Gasteiger partial charge is 0.330 e. The predicted octanol–water partition coefficient (Wildman–Crippen LogP) is 3.32. The predicted molar refractivity (Wildman–Crippen MR) is 71.5 cm³/mol. The molecular weight excluding hydrogens is 196 g/mol. The molecular formula is C14H22N2. The van der Waals surface area contributed by atoms with Crippen LogP contribution in [0.5, 0.6) is 0 Å². The molecule has 0 fully saturated rings. The lowest BCUT2D eigenvalue weighted by molar-refractivity contribution is 0.312. The van der Waals surface area contributed by atoms with E-state index in [9.17, 15) is 0 Å². The highest BCUT2D eigenvalue weighted by Gasteiger charge is 2.16. The van der Waals surface area contributed by atoms with Crippen molar-refractivity contribution in [2.45, 2.75) is 26.9 Å².